The molecule has 0 saturated carbocycles. The fraction of sp³-hybridized carbons (Fsp3) is 0.667. The average Bonchev–Trinajstić information content (AvgIpc) is 2.75. The van der Waals surface area contributed by atoms with E-state index in [-0.39, 0.29) is 19.1 Å². The summed E-state index contributed by atoms with van der Waals surface area (Å²) in [5.41, 5.74) is 5.51. The third kappa shape index (κ3) is 3.22. The number of nitrogens with zero attached hydrogens (tertiary/aromatic N) is 3. The van der Waals surface area contributed by atoms with E-state index in [4.69, 9.17) is 10.8 Å². The Morgan fingerprint density at radius 1 is 1.61 bits per heavy atom. The van der Waals surface area contributed by atoms with Crippen LogP contribution in [0.15, 0.2) is 12.3 Å². The minimum absolute atomic E-state index is 0.0701. The Morgan fingerprint density at radius 3 is 3.11 bits per heavy atom. The zero-order valence-electron chi connectivity index (χ0n) is 10.5. The molecule has 18 heavy (non-hydrogen) atoms. The number of carbonyl (C=O) groups is 1. The highest BCUT2D eigenvalue weighted by atomic mass is 16.3. The summed E-state index contributed by atoms with van der Waals surface area (Å²) in [7, 11) is 0. The summed E-state index contributed by atoms with van der Waals surface area (Å²) in [6.45, 7) is 1.99. The molecule has 0 spiro atoms. The van der Waals surface area contributed by atoms with Crippen molar-refractivity contribution in [3.8, 4) is 0 Å². The van der Waals surface area contributed by atoms with Gasteiger partial charge in [0.15, 0.2) is 0 Å². The van der Waals surface area contributed by atoms with Gasteiger partial charge in [0.2, 0.25) is 5.91 Å². The number of nitrogens with two attached hydrogens (primary N) is 1. The number of carbonyl (C=O) groups excluding carboxylic acids is 1. The van der Waals surface area contributed by atoms with E-state index in [1.165, 1.54) is 0 Å². The van der Waals surface area contributed by atoms with Crippen molar-refractivity contribution in [2.45, 2.75) is 25.8 Å². The van der Waals surface area contributed by atoms with Gasteiger partial charge in [-0.15, -0.1) is 0 Å². The summed E-state index contributed by atoms with van der Waals surface area (Å²) in [6, 6.07) is 1.68. The number of aliphatic hydroxyl groups is 1. The lowest BCUT2D eigenvalue weighted by molar-refractivity contribution is -0.134. The number of aliphatic hydroxyl groups excluding tert-OH is 1. The summed E-state index contributed by atoms with van der Waals surface area (Å²) in [4.78, 5) is 14.0. The first kappa shape index (κ1) is 12.9. The maximum Gasteiger partial charge on any atom is 0.244 e. The third-order valence-electron chi connectivity index (χ3n) is 3.37. The first-order valence-corrected chi connectivity index (χ1v) is 6.36. The van der Waals surface area contributed by atoms with Crippen molar-refractivity contribution in [3.05, 3.63) is 12.3 Å². The molecule has 1 aliphatic rings. The Hall–Kier alpha value is -1.56. The first-order valence-electron chi connectivity index (χ1n) is 6.36. The number of rotatable bonds is 4. The van der Waals surface area contributed by atoms with Crippen LogP contribution < -0.4 is 5.73 Å². The van der Waals surface area contributed by atoms with Crippen LogP contribution >= 0.6 is 0 Å². The Morgan fingerprint density at radius 2 is 2.44 bits per heavy atom. The summed E-state index contributed by atoms with van der Waals surface area (Å²) < 4.78 is 1.56. The smallest absolute Gasteiger partial charge is 0.244 e. The van der Waals surface area contributed by atoms with Gasteiger partial charge in [0, 0.05) is 25.9 Å². The molecule has 0 aliphatic carbocycles. The second-order valence-corrected chi connectivity index (χ2v) is 4.80. The van der Waals surface area contributed by atoms with E-state index < -0.39 is 0 Å². The van der Waals surface area contributed by atoms with Crippen LogP contribution in [0.4, 0.5) is 5.82 Å². The molecule has 1 aromatic heterocycles. The van der Waals surface area contributed by atoms with Crippen molar-refractivity contribution >= 4 is 11.7 Å². The molecule has 1 aromatic rings. The van der Waals surface area contributed by atoms with Crippen LogP contribution in [0.3, 0.4) is 0 Å². The minimum Gasteiger partial charge on any atom is -0.396 e. The van der Waals surface area contributed by atoms with Crippen molar-refractivity contribution in [1.29, 1.82) is 0 Å². The van der Waals surface area contributed by atoms with Gasteiger partial charge in [-0.2, -0.15) is 5.10 Å². The zero-order valence-corrected chi connectivity index (χ0v) is 10.5. The largest absolute Gasteiger partial charge is 0.396 e. The second kappa shape index (κ2) is 5.86. The molecular weight excluding hydrogens is 232 g/mol. The summed E-state index contributed by atoms with van der Waals surface area (Å²) >= 11 is 0. The Labute approximate surface area is 106 Å². The zero-order chi connectivity index (χ0) is 13.0. The van der Waals surface area contributed by atoms with Crippen LogP contribution in [-0.2, 0) is 11.3 Å². The topological polar surface area (TPSA) is 84.4 Å². The van der Waals surface area contributed by atoms with E-state index in [9.17, 15) is 4.79 Å². The second-order valence-electron chi connectivity index (χ2n) is 4.80. The Balaban J connectivity index is 1.88. The molecule has 0 bridgehead atoms. The normalized spacial score (nSPS) is 20.1. The van der Waals surface area contributed by atoms with E-state index in [1.54, 1.807) is 16.9 Å². The quantitative estimate of drug-likeness (QED) is 0.795. The molecular formula is C12H20N4O2. The number of hydrogen-bond acceptors (Lipinski definition) is 4. The number of hydrogen-bond donors (Lipinski definition) is 2. The molecule has 100 valence electrons. The van der Waals surface area contributed by atoms with Gasteiger partial charge >= 0.3 is 0 Å². The number of aromatic nitrogens is 2. The van der Waals surface area contributed by atoms with Gasteiger partial charge in [0.05, 0.1) is 0 Å². The molecule has 1 saturated heterocycles. The van der Waals surface area contributed by atoms with Gasteiger partial charge in [-0.05, 0) is 31.2 Å². The lowest BCUT2D eigenvalue weighted by Gasteiger charge is -2.32. The maximum atomic E-state index is 12.1. The lowest BCUT2D eigenvalue weighted by Crippen LogP contribution is -2.41. The van der Waals surface area contributed by atoms with E-state index in [2.05, 4.69) is 5.10 Å². The van der Waals surface area contributed by atoms with Crippen molar-refractivity contribution in [1.82, 2.24) is 14.7 Å². The highest BCUT2D eigenvalue weighted by Crippen LogP contribution is 2.19. The van der Waals surface area contributed by atoms with Crippen LogP contribution in [-0.4, -0.2) is 45.4 Å². The van der Waals surface area contributed by atoms with E-state index in [0.29, 0.717) is 11.7 Å². The number of likely N-dealkylation sites (tertiary alicyclic amines) is 1. The number of nitrogen functional groups attached to an aromatic ring is 1. The lowest BCUT2D eigenvalue weighted by atomic mass is 9.95. The number of amides is 1. The highest BCUT2D eigenvalue weighted by Gasteiger charge is 2.23. The van der Waals surface area contributed by atoms with Crippen LogP contribution in [0.2, 0.25) is 0 Å². The molecule has 3 N–H and O–H groups in total. The third-order valence-corrected chi connectivity index (χ3v) is 3.37. The fourth-order valence-electron chi connectivity index (χ4n) is 2.41. The monoisotopic (exact) mass is 252 g/mol. The van der Waals surface area contributed by atoms with Gasteiger partial charge < -0.3 is 15.7 Å². The first-order chi connectivity index (χ1) is 8.69. The van der Waals surface area contributed by atoms with Crippen molar-refractivity contribution in [3.63, 3.8) is 0 Å². The molecule has 6 nitrogen and oxygen atoms in total. The summed E-state index contributed by atoms with van der Waals surface area (Å²) in [6.07, 6.45) is 4.59. The van der Waals surface area contributed by atoms with E-state index in [0.717, 1.165) is 32.4 Å². The minimum atomic E-state index is 0.0701. The van der Waals surface area contributed by atoms with Gasteiger partial charge in [-0.1, -0.05) is 0 Å². The van der Waals surface area contributed by atoms with Gasteiger partial charge in [-0.25, -0.2) is 0 Å². The van der Waals surface area contributed by atoms with Gasteiger partial charge in [-0.3, -0.25) is 9.48 Å². The fourth-order valence-corrected chi connectivity index (χ4v) is 2.41. The number of piperidine rings is 1. The van der Waals surface area contributed by atoms with Crippen molar-refractivity contribution in [2.75, 3.05) is 25.4 Å². The molecule has 1 aliphatic heterocycles. The standard InChI is InChI=1S/C12H20N4O2/c13-11-3-6-16(14-11)9-12(18)15-5-1-2-10(8-15)4-7-17/h3,6,10,17H,1-2,4-5,7-9H2,(H2,13,14). The van der Waals surface area contributed by atoms with Crippen LogP contribution in [0.25, 0.3) is 0 Å². The van der Waals surface area contributed by atoms with E-state index >= 15 is 0 Å². The SMILES string of the molecule is Nc1ccn(CC(=O)N2CCCC(CCO)C2)n1. The molecule has 1 amide bonds. The summed E-state index contributed by atoms with van der Waals surface area (Å²) in [5.74, 6) is 0.927. The molecule has 1 unspecified atom stereocenters. The van der Waals surface area contributed by atoms with Gasteiger partial charge in [0.25, 0.3) is 0 Å². The predicted molar refractivity (Wildman–Crippen MR) is 67.6 cm³/mol. The Bertz CT molecular complexity index is 403. The van der Waals surface area contributed by atoms with Gasteiger partial charge in [0.1, 0.15) is 12.4 Å². The summed E-state index contributed by atoms with van der Waals surface area (Å²) in [5, 5.41) is 13.0. The highest BCUT2D eigenvalue weighted by molar-refractivity contribution is 5.76. The molecule has 6 heteroatoms. The molecule has 2 rings (SSSR count). The average molecular weight is 252 g/mol. The van der Waals surface area contributed by atoms with Crippen LogP contribution in [0.5, 0.6) is 0 Å². The molecule has 1 fully saturated rings. The van der Waals surface area contributed by atoms with Crippen LogP contribution in [0, 0.1) is 5.92 Å². The molecule has 1 atom stereocenters. The molecule has 0 radical (unpaired) electrons. The van der Waals surface area contributed by atoms with E-state index in [1.807, 2.05) is 4.90 Å². The number of anilines is 1. The maximum absolute atomic E-state index is 12.1. The molecule has 2 heterocycles. The predicted octanol–water partition coefficient (Wildman–Crippen LogP) is 0.0863. The van der Waals surface area contributed by atoms with Crippen molar-refractivity contribution < 1.29 is 9.90 Å². The van der Waals surface area contributed by atoms with Crippen LogP contribution in [0.1, 0.15) is 19.3 Å². The van der Waals surface area contributed by atoms with Crippen molar-refractivity contribution in [2.24, 2.45) is 5.92 Å². The molecule has 0 aromatic carbocycles. The Kier molecular flexibility index (Phi) is 4.19.